The summed E-state index contributed by atoms with van der Waals surface area (Å²) in [5.41, 5.74) is 4.80. The minimum atomic E-state index is -0.174. The number of hydrogen-bond acceptors (Lipinski definition) is 4. The van der Waals surface area contributed by atoms with Crippen LogP contribution in [-0.2, 0) is 0 Å². The van der Waals surface area contributed by atoms with Crippen LogP contribution in [-0.4, -0.2) is 36.5 Å². The maximum Gasteiger partial charge on any atom is 0.255 e. The Morgan fingerprint density at radius 3 is 2.81 bits per heavy atom. The summed E-state index contributed by atoms with van der Waals surface area (Å²) in [6.45, 7) is 12.1. The summed E-state index contributed by atoms with van der Waals surface area (Å²) in [6, 6.07) is 7.99. The molecule has 4 rings (SSSR count). The lowest BCUT2D eigenvalue weighted by molar-refractivity contribution is 0.0911. The lowest BCUT2D eigenvalue weighted by Gasteiger charge is -2.27. The lowest BCUT2D eigenvalue weighted by atomic mass is 9.88. The van der Waals surface area contributed by atoms with Crippen molar-refractivity contribution in [1.29, 1.82) is 0 Å². The second-order valence-corrected chi connectivity index (χ2v) is 8.68. The first-order valence-corrected chi connectivity index (χ1v) is 10.2. The second kappa shape index (κ2) is 7.83. The Bertz CT molecular complexity index is 1260. The van der Waals surface area contributed by atoms with Crippen molar-refractivity contribution in [3.05, 3.63) is 66.9 Å². The molecule has 0 aliphatic carbocycles. The molecule has 0 spiro atoms. The Balaban J connectivity index is 1.66. The van der Waals surface area contributed by atoms with Crippen molar-refractivity contribution >= 4 is 23.1 Å². The molecule has 0 radical (unpaired) electrons. The van der Waals surface area contributed by atoms with Gasteiger partial charge in [-0.2, -0.15) is 0 Å². The zero-order valence-corrected chi connectivity index (χ0v) is 18.2. The molecule has 0 bridgehead atoms. The number of fused-ring (bicyclic) bond motifs is 1. The van der Waals surface area contributed by atoms with Gasteiger partial charge in [0.05, 0.1) is 18.1 Å². The molecule has 1 aromatic carbocycles. The molecule has 1 atom stereocenters. The summed E-state index contributed by atoms with van der Waals surface area (Å²) in [4.78, 5) is 29.5. The van der Waals surface area contributed by atoms with Gasteiger partial charge in [-0.3, -0.25) is 4.79 Å². The predicted octanol–water partition coefficient (Wildman–Crippen LogP) is 4.62. The Morgan fingerprint density at radius 1 is 1.26 bits per heavy atom. The summed E-state index contributed by atoms with van der Waals surface area (Å²) in [7, 11) is 0. The molecule has 31 heavy (non-hydrogen) atoms. The molecule has 3 aromatic heterocycles. The molecule has 0 aliphatic rings. The summed E-state index contributed by atoms with van der Waals surface area (Å²) >= 11 is 0. The van der Waals surface area contributed by atoms with E-state index in [0.29, 0.717) is 28.1 Å². The van der Waals surface area contributed by atoms with Crippen LogP contribution in [0.5, 0.6) is 0 Å². The van der Waals surface area contributed by atoms with Gasteiger partial charge in [-0.25, -0.2) is 15.0 Å². The molecule has 0 fully saturated rings. The van der Waals surface area contributed by atoms with Gasteiger partial charge in [0.1, 0.15) is 16.9 Å². The van der Waals surface area contributed by atoms with Crippen LogP contribution in [0.15, 0.2) is 55.8 Å². The molecule has 1 amide bonds. The number of nitrogens with zero attached hydrogens (tertiary/aromatic N) is 4. The summed E-state index contributed by atoms with van der Waals surface area (Å²) in [5.74, 6) is -0.174. The van der Waals surface area contributed by atoms with Gasteiger partial charge < -0.3 is 14.9 Å². The summed E-state index contributed by atoms with van der Waals surface area (Å²) in [5, 5.41) is 3.06. The lowest BCUT2D eigenvalue weighted by Crippen LogP contribution is -2.41. The van der Waals surface area contributed by atoms with Crippen LogP contribution in [0, 0.1) is 5.41 Å². The van der Waals surface area contributed by atoms with Gasteiger partial charge in [-0.05, 0) is 30.0 Å². The van der Waals surface area contributed by atoms with E-state index in [-0.39, 0.29) is 17.4 Å². The van der Waals surface area contributed by atoms with E-state index >= 15 is 0 Å². The van der Waals surface area contributed by atoms with E-state index in [0.717, 1.165) is 11.3 Å². The number of imidazole rings is 1. The fraction of sp³-hybridized carbons (Fsp3) is 0.250. The Labute approximate surface area is 181 Å². The van der Waals surface area contributed by atoms with Crippen molar-refractivity contribution in [2.24, 2.45) is 5.41 Å². The third-order valence-electron chi connectivity index (χ3n) is 5.52. The van der Waals surface area contributed by atoms with Gasteiger partial charge in [0.25, 0.3) is 5.91 Å². The highest BCUT2D eigenvalue weighted by atomic mass is 16.1. The van der Waals surface area contributed by atoms with Gasteiger partial charge in [0.2, 0.25) is 0 Å². The normalized spacial score (nSPS) is 12.6. The fourth-order valence-electron chi connectivity index (χ4n) is 3.09. The van der Waals surface area contributed by atoms with E-state index in [1.165, 1.54) is 0 Å². The third kappa shape index (κ3) is 4.12. The smallest absolute Gasteiger partial charge is 0.255 e. The van der Waals surface area contributed by atoms with Crippen molar-refractivity contribution in [2.45, 2.75) is 33.7 Å². The van der Waals surface area contributed by atoms with E-state index in [1.54, 1.807) is 24.8 Å². The van der Waals surface area contributed by atoms with Crippen LogP contribution >= 0.6 is 0 Å². The molecule has 0 unspecified atom stereocenters. The van der Waals surface area contributed by atoms with Crippen LogP contribution in [0.3, 0.4) is 0 Å². The SMILES string of the molecule is C=Cc1cccc(-n2cnc(-c3cnc4[nH]cc(C(=O)N[C@@H](C)C(C)(C)C)c4n3)c2)c1. The van der Waals surface area contributed by atoms with Crippen molar-refractivity contribution < 1.29 is 4.79 Å². The molecule has 0 saturated heterocycles. The number of nitrogens with one attached hydrogen (secondary N) is 2. The number of benzene rings is 1. The predicted molar refractivity (Wildman–Crippen MR) is 123 cm³/mol. The van der Waals surface area contributed by atoms with Gasteiger partial charge >= 0.3 is 0 Å². The minimum absolute atomic E-state index is 0.00289. The number of carbonyl (C=O) groups excluding carboxylic acids is 1. The minimum Gasteiger partial charge on any atom is -0.349 e. The molecule has 7 heteroatoms. The average molecular weight is 415 g/mol. The van der Waals surface area contributed by atoms with E-state index in [4.69, 9.17) is 4.98 Å². The Kier molecular flexibility index (Phi) is 5.19. The van der Waals surface area contributed by atoms with Crippen molar-refractivity contribution in [2.75, 3.05) is 0 Å². The average Bonchev–Trinajstić information content (AvgIpc) is 3.40. The van der Waals surface area contributed by atoms with Crippen molar-refractivity contribution in [1.82, 2.24) is 29.8 Å². The zero-order valence-electron chi connectivity index (χ0n) is 18.2. The number of carbonyl (C=O) groups is 1. The maximum absolute atomic E-state index is 12.8. The molecule has 0 aliphatic heterocycles. The molecule has 4 aromatic rings. The summed E-state index contributed by atoms with van der Waals surface area (Å²) < 4.78 is 1.92. The standard InChI is InChI=1S/C24H26N6O/c1-6-16-8-7-9-17(10-16)30-13-20(27-14-30)19-12-26-22-21(29-19)18(11-25-22)23(31)28-15(2)24(3,4)5/h6-15H,1H2,2-5H3,(H,25,26)(H,28,31)/t15-/m0/s1. The number of hydrogen-bond donors (Lipinski definition) is 2. The van der Waals surface area contributed by atoms with E-state index < -0.39 is 0 Å². The maximum atomic E-state index is 12.8. The molecular formula is C24H26N6O. The van der Waals surface area contributed by atoms with Gasteiger partial charge in [0, 0.05) is 24.1 Å². The van der Waals surface area contributed by atoms with Crippen LogP contribution < -0.4 is 5.32 Å². The van der Waals surface area contributed by atoms with E-state index in [2.05, 4.69) is 47.6 Å². The number of rotatable bonds is 5. The van der Waals surface area contributed by atoms with Gasteiger partial charge in [-0.1, -0.05) is 45.6 Å². The zero-order chi connectivity index (χ0) is 22.2. The first-order chi connectivity index (χ1) is 14.8. The van der Waals surface area contributed by atoms with E-state index in [1.807, 2.05) is 42.0 Å². The van der Waals surface area contributed by atoms with E-state index in [9.17, 15) is 4.79 Å². The molecule has 3 heterocycles. The summed E-state index contributed by atoms with van der Waals surface area (Å²) in [6.07, 6.45) is 8.74. The number of amides is 1. The number of aromatic nitrogens is 5. The largest absolute Gasteiger partial charge is 0.349 e. The Morgan fingerprint density at radius 2 is 2.06 bits per heavy atom. The van der Waals surface area contributed by atoms with Crippen molar-refractivity contribution in [3.8, 4) is 17.1 Å². The first kappa shape index (κ1) is 20.5. The van der Waals surface area contributed by atoms with Gasteiger partial charge in [0.15, 0.2) is 5.65 Å². The molecular weight excluding hydrogens is 388 g/mol. The highest BCUT2D eigenvalue weighted by Crippen LogP contribution is 2.23. The second-order valence-electron chi connectivity index (χ2n) is 8.68. The molecule has 2 N–H and O–H groups in total. The highest BCUT2D eigenvalue weighted by Gasteiger charge is 2.24. The molecule has 7 nitrogen and oxygen atoms in total. The molecule has 0 saturated carbocycles. The topological polar surface area (TPSA) is 88.5 Å². The monoisotopic (exact) mass is 414 g/mol. The number of aromatic amines is 1. The first-order valence-electron chi connectivity index (χ1n) is 10.2. The van der Waals surface area contributed by atoms with Gasteiger partial charge in [-0.15, -0.1) is 0 Å². The van der Waals surface area contributed by atoms with Crippen molar-refractivity contribution in [3.63, 3.8) is 0 Å². The van der Waals surface area contributed by atoms with Crippen LogP contribution in [0.4, 0.5) is 0 Å². The number of H-pyrrole nitrogens is 1. The third-order valence-corrected chi connectivity index (χ3v) is 5.52. The van der Waals surface area contributed by atoms with Crippen LogP contribution in [0.1, 0.15) is 43.6 Å². The molecule has 158 valence electrons. The van der Waals surface area contributed by atoms with Crippen LogP contribution in [0.25, 0.3) is 34.3 Å². The van der Waals surface area contributed by atoms with Crippen LogP contribution in [0.2, 0.25) is 0 Å². The Hall–Kier alpha value is -3.74. The fourth-order valence-corrected chi connectivity index (χ4v) is 3.09. The quantitative estimate of drug-likeness (QED) is 0.499. The highest BCUT2D eigenvalue weighted by molar-refractivity contribution is 6.04.